The predicted octanol–water partition coefficient (Wildman–Crippen LogP) is 1.55. The molecule has 7 heteroatoms. The Morgan fingerprint density at radius 1 is 1.20 bits per heavy atom. The van der Waals surface area contributed by atoms with Gasteiger partial charge in [-0.05, 0) is 35.7 Å². The second-order valence-corrected chi connectivity index (χ2v) is 7.81. The van der Waals surface area contributed by atoms with Gasteiger partial charge < -0.3 is 10.4 Å². The highest BCUT2D eigenvalue weighted by Gasteiger charge is 2.19. The van der Waals surface area contributed by atoms with Crippen LogP contribution < -0.4 is 5.32 Å². The highest BCUT2D eigenvalue weighted by Crippen LogP contribution is 2.18. The molecular formula is C23H27N5O2. The van der Waals surface area contributed by atoms with E-state index in [0.29, 0.717) is 18.5 Å². The molecule has 0 bridgehead atoms. The van der Waals surface area contributed by atoms with Crippen LogP contribution in [0.3, 0.4) is 0 Å². The Hall–Kier alpha value is -3.03. The van der Waals surface area contributed by atoms with Gasteiger partial charge in [0.15, 0.2) is 0 Å². The highest BCUT2D eigenvalue weighted by atomic mass is 16.3. The van der Waals surface area contributed by atoms with Crippen molar-refractivity contribution in [1.29, 1.82) is 0 Å². The van der Waals surface area contributed by atoms with E-state index in [-0.39, 0.29) is 12.5 Å². The molecule has 1 atom stereocenters. The molecule has 0 spiro atoms. The molecule has 1 aromatic carbocycles. The number of benzene rings is 1. The van der Waals surface area contributed by atoms with Gasteiger partial charge in [-0.2, -0.15) is 5.10 Å². The van der Waals surface area contributed by atoms with E-state index in [2.05, 4.69) is 44.6 Å². The zero-order chi connectivity index (χ0) is 20.9. The van der Waals surface area contributed by atoms with Gasteiger partial charge in [0.2, 0.25) is 0 Å². The number of aryl methyl sites for hydroxylation is 1. The lowest BCUT2D eigenvalue weighted by molar-refractivity contribution is 0.0841. The smallest absolute Gasteiger partial charge is 0.251 e. The molecule has 2 N–H and O–H groups in total. The van der Waals surface area contributed by atoms with Crippen molar-refractivity contribution in [3.05, 3.63) is 82.9 Å². The van der Waals surface area contributed by atoms with Gasteiger partial charge in [-0.1, -0.05) is 24.3 Å². The lowest BCUT2D eigenvalue weighted by atomic mass is 10.00. The molecule has 0 fully saturated rings. The summed E-state index contributed by atoms with van der Waals surface area (Å²) in [6.07, 6.45) is 4.46. The third-order valence-corrected chi connectivity index (χ3v) is 5.39. The number of nitrogens with zero attached hydrogens (tertiary/aromatic N) is 4. The molecule has 0 radical (unpaired) electrons. The summed E-state index contributed by atoms with van der Waals surface area (Å²) < 4.78 is 1.74. The average Bonchev–Trinajstić information content (AvgIpc) is 3.16. The van der Waals surface area contributed by atoms with Crippen LogP contribution in [0.1, 0.15) is 32.9 Å². The van der Waals surface area contributed by atoms with Crippen LogP contribution >= 0.6 is 0 Å². The predicted molar refractivity (Wildman–Crippen MR) is 114 cm³/mol. The van der Waals surface area contributed by atoms with Crippen molar-refractivity contribution in [2.24, 2.45) is 7.05 Å². The van der Waals surface area contributed by atoms with Gasteiger partial charge in [-0.15, -0.1) is 0 Å². The van der Waals surface area contributed by atoms with Crippen LogP contribution in [0.25, 0.3) is 0 Å². The average molecular weight is 406 g/mol. The fourth-order valence-electron chi connectivity index (χ4n) is 3.84. The highest BCUT2D eigenvalue weighted by molar-refractivity contribution is 5.94. The van der Waals surface area contributed by atoms with Gasteiger partial charge in [0, 0.05) is 63.3 Å². The zero-order valence-corrected chi connectivity index (χ0v) is 17.2. The summed E-state index contributed by atoms with van der Waals surface area (Å²) in [7, 11) is 1.87. The van der Waals surface area contributed by atoms with E-state index < -0.39 is 6.10 Å². The van der Waals surface area contributed by atoms with Crippen molar-refractivity contribution in [3.63, 3.8) is 0 Å². The molecule has 156 valence electrons. The molecule has 0 saturated heterocycles. The molecule has 0 unspecified atom stereocenters. The number of aromatic nitrogens is 3. The summed E-state index contributed by atoms with van der Waals surface area (Å²) in [4.78, 5) is 19.1. The van der Waals surface area contributed by atoms with Crippen LogP contribution in [0.15, 0.2) is 54.9 Å². The summed E-state index contributed by atoms with van der Waals surface area (Å²) in [5.41, 5.74) is 4.93. The van der Waals surface area contributed by atoms with Gasteiger partial charge >= 0.3 is 0 Å². The lowest BCUT2D eigenvalue weighted by Crippen LogP contribution is -2.42. The maximum atomic E-state index is 12.5. The molecule has 7 nitrogen and oxygen atoms in total. The van der Waals surface area contributed by atoms with Crippen molar-refractivity contribution in [2.75, 3.05) is 19.6 Å². The second-order valence-electron chi connectivity index (χ2n) is 7.81. The third-order valence-electron chi connectivity index (χ3n) is 5.39. The Bertz CT molecular complexity index is 1020. The van der Waals surface area contributed by atoms with E-state index in [1.165, 1.54) is 11.1 Å². The van der Waals surface area contributed by atoms with Crippen LogP contribution in [0.2, 0.25) is 0 Å². The van der Waals surface area contributed by atoms with Crippen molar-refractivity contribution >= 4 is 5.91 Å². The van der Waals surface area contributed by atoms with Crippen LogP contribution in [-0.2, 0) is 26.4 Å². The first-order valence-electron chi connectivity index (χ1n) is 10.3. The zero-order valence-electron chi connectivity index (χ0n) is 17.2. The fraction of sp³-hybridized carbons (Fsp3) is 0.348. The molecule has 4 rings (SSSR count). The van der Waals surface area contributed by atoms with Gasteiger partial charge in [0.1, 0.15) is 0 Å². The minimum Gasteiger partial charge on any atom is -0.390 e. The van der Waals surface area contributed by atoms with E-state index in [9.17, 15) is 9.90 Å². The molecular weight excluding hydrogens is 378 g/mol. The summed E-state index contributed by atoms with van der Waals surface area (Å²) in [5, 5.41) is 17.6. The topological polar surface area (TPSA) is 83.3 Å². The number of hydrogen-bond acceptors (Lipinski definition) is 5. The van der Waals surface area contributed by atoms with Crippen LogP contribution in [0.5, 0.6) is 0 Å². The van der Waals surface area contributed by atoms with Crippen LogP contribution in [0.4, 0.5) is 0 Å². The van der Waals surface area contributed by atoms with Gasteiger partial charge in [0.25, 0.3) is 5.91 Å². The number of pyridine rings is 1. The molecule has 30 heavy (non-hydrogen) atoms. The number of hydrogen-bond donors (Lipinski definition) is 2. The second kappa shape index (κ2) is 9.19. The number of fused-ring (bicyclic) bond motifs is 1. The van der Waals surface area contributed by atoms with Crippen molar-refractivity contribution in [3.8, 4) is 0 Å². The molecule has 1 aliphatic rings. The van der Waals surface area contributed by atoms with Crippen LogP contribution in [-0.4, -0.2) is 56.4 Å². The van der Waals surface area contributed by atoms with Crippen molar-refractivity contribution in [2.45, 2.75) is 25.5 Å². The molecule has 2 aromatic heterocycles. The summed E-state index contributed by atoms with van der Waals surface area (Å²) >= 11 is 0. The number of carbonyl (C=O) groups excluding carboxylic acids is 1. The van der Waals surface area contributed by atoms with Crippen molar-refractivity contribution < 1.29 is 9.90 Å². The minimum atomic E-state index is -0.617. The van der Waals surface area contributed by atoms with E-state index >= 15 is 0 Å². The van der Waals surface area contributed by atoms with Crippen LogP contribution in [0, 0.1) is 0 Å². The summed E-state index contributed by atoms with van der Waals surface area (Å²) in [5.74, 6) is -0.206. The number of aliphatic hydroxyl groups excluding tert-OH is 1. The number of carbonyl (C=O) groups is 1. The van der Waals surface area contributed by atoms with Gasteiger partial charge in [-0.3, -0.25) is 19.4 Å². The van der Waals surface area contributed by atoms with Crippen molar-refractivity contribution in [1.82, 2.24) is 25.0 Å². The number of nitrogens with one attached hydrogen (secondary N) is 1. The number of aliphatic hydroxyl groups is 1. The van der Waals surface area contributed by atoms with E-state index in [0.717, 1.165) is 30.9 Å². The molecule has 0 saturated carbocycles. The number of amides is 1. The number of β-amino-alcohol motifs (C(OH)–C–C–N with tert-alkyl or cyclic N) is 1. The Kier molecular flexibility index (Phi) is 6.21. The number of rotatable bonds is 7. The maximum absolute atomic E-state index is 12.5. The Morgan fingerprint density at radius 2 is 2.03 bits per heavy atom. The first-order valence-corrected chi connectivity index (χ1v) is 10.3. The van der Waals surface area contributed by atoms with E-state index in [1.54, 1.807) is 23.0 Å². The third kappa shape index (κ3) is 5.11. The quantitative estimate of drug-likeness (QED) is 0.623. The lowest BCUT2D eigenvalue weighted by Gasteiger charge is -2.30. The monoisotopic (exact) mass is 405 g/mol. The summed E-state index contributed by atoms with van der Waals surface area (Å²) in [6, 6.07) is 13.8. The normalized spacial score (nSPS) is 14.9. The Labute approximate surface area is 176 Å². The van der Waals surface area contributed by atoms with Gasteiger partial charge in [0.05, 0.1) is 11.8 Å². The Balaban J connectivity index is 1.27. The van der Waals surface area contributed by atoms with E-state index in [1.807, 2.05) is 19.3 Å². The fourth-order valence-corrected chi connectivity index (χ4v) is 3.84. The Morgan fingerprint density at radius 3 is 2.83 bits per heavy atom. The standard InChI is InChI=1S/C23H27N5O2/c1-27-10-8-20(26-27)13-21-12-18(6-9-24-21)23(30)25-14-22(29)16-28-11-7-17-4-2-3-5-19(17)15-28/h2-6,8-10,12,22,29H,7,11,13-16H2,1H3,(H,25,30)/t22-/m0/s1. The minimum absolute atomic E-state index is 0.206. The largest absolute Gasteiger partial charge is 0.390 e. The SMILES string of the molecule is Cn1ccc(Cc2cc(C(=O)NC[C@H](O)CN3CCc4ccccc4C3)ccn2)n1. The summed E-state index contributed by atoms with van der Waals surface area (Å²) in [6.45, 7) is 2.51. The maximum Gasteiger partial charge on any atom is 0.251 e. The molecule has 1 amide bonds. The first-order chi connectivity index (χ1) is 14.6. The molecule has 3 aromatic rings. The van der Waals surface area contributed by atoms with Gasteiger partial charge in [-0.25, -0.2) is 0 Å². The molecule has 0 aliphatic carbocycles. The van der Waals surface area contributed by atoms with E-state index in [4.69, 9.17) is 0 Å². The molecule has 1 aliphatic heterocycles. The molecule has 3 heterocycles. The first kappa shape index (κ1) is 20.3.